The topological polar surface area (TPSA) is 232 Å². The van der Waals surface area contributed by atoms with Crippen LogP contribution in [0.1, 0.15) is 48.1 Å². The summed E-state index contributed by atoms with van der Waals surface area (Å²) in [5, 5.41) is 25.7. The number of aliphatic hydroxyl groups excluding tert-OH is 1. The zero-order chi connectivity index (χ0) is 42.3. The van der Waals surface area contributed by atoms with Crippen molar-refractivity contribution in [1.29, 1.82) is 0 Å². The minimum atomic E-state index is -4.02. The number of anilines is 1. The highest BCUT2D eigenvalue weighted by Gasteiger charge is 2.49. The van der Waals surface area contributed by atoms with Crippen LogP contribution in [0.5, 0.6) is 0 Å². The lowest BCUT2D eigenvalue weighted by Crippen LogP contribution is -2.40. The predicted octanol–water partition coefficient (Wildman–Crippen LogP) is 4.68. The molecular formula is C41H46N7O12P. The van der Waals surface area contributed by atoms with E-state index in [9.17, 15) is 29.4 Å². The quantitative estimate of drug-likeness (QED) is 0.0695. The maximum Gasteiger partial charge on any atom is 0.408 e. The summed E-state index contributed by atoms with van der Waals surface area (Å²) < 4.78 is 53.7. The van der Waals surface area contributed by atoms with Crippen molar-refractivity contribution in [1.82, 2.24) is 24.2 Å². The molecule has 0 bridgehead atoms. The molecule has 3 N–H and O–H groups in total. The van der Waals surface area contributed by atoms with E-state index in [-0.39, 0.29) is 42.5 Å². The highest BCUT2D eigenvalue weighted by Crippen LogP contribution is 2.53. The zero-order valence-corrected chi connectivity index (χ0v) is 33.9. The van der Waals surface area contributed by atoms with Gasteiger partial charge in [0.2, 0.25) is 11.9 Å². The highest BCUT2D eigenvalue weighted by atomic mass is 31.2. The number of carbonyl (C=O) groups is 1. The molecule has 19 nitrogen and oxygen atoms in total. The first kappa shape index (κ1) is 42.5. The number of H-pyrrole nitrogens is 1. The van der Waals surface area contributed by atoms with Crippen molar-refractivity contribution in [2.24, 2.45) is 0 Å². The molecule has 5 heterocycles. The molecule has 3 aliphatic heterocycles. The van der Waals surface area contributed by atoms with E-state index in [0.717, 1.165) is 29.5 Å². The number of nitro benzene ring substituents is 1. The third-order valence-electron chi connectivity index (χ3n) is 10.8. The molecule has 1 unspecified atom stereocenters. The minimum Gasteiger partial charge on any atom is -0.387 e. The average Bonchev–Trinajstić information content (AvgIpc) is 3.84. The normalized spacial score (nSPS) is 23.2. The van der Waals surface area contributed by atoms with E-state index in [0.29, 0.717) is 32.7 Å². The molecule has 3 aromatic carbocycles. The van der Waals surface area contributed by atoms with Crippen LogP contribution in [-0.4, -0.2) is 111 Å². The van der Waals surface area contributed by atoms with E-state index in [2.05, 4.69) is 20.3 Å². The number of nitrogens with one attached hydrogen (secondary N) is 2. The van der Waals surface area contributed by atoms with Gasteiger partial charge in [-0.15, -0.1) is 0 Å². The van der Waals surface area contributed by atoms with E-state index < -0.39 is 67.5 Å². The van der Waals surface area contributed by atoms with Gasteiger partial charge in [-0.2, -0.15) is 4.98 Å². The van der Waals surface area contributed by atoms with Crippen LogP contribution in [0.15, 0.2) is 96.1 Å². The summed E-state index contributed by atoms with van der Waals surface area (Å²) in [6.07, 6.45) is -1.49. The van der Waals surface area contributed by atoms with Gasteiger partial charge in [-0.05, 0) is 42.4 Å². The second-order valence-corrected chi connectivity index (χ2v) is 16.8. The van der Waals surface area contributed by atoms with E-state index in [1.165, 1.54) is 23.0 Å². The Bertz CT molecular complexity index is 2330. The number of aliphatic hydroxyl groups is 1. The average molecular weight is 860 g/mol. The van der Waals surface area contributed by atoms with Gasteiger partial charge in [0.15, 0.2) is 23.7 Å². The Morgan fingerprint density at radius 2 is 1.70 bits per heavy atom. The maximum absolute atomic E-state index is 14.5. The minimum absolute atomic E-state index is 0.0362. The molecule has 3 aliphatic rings. The fourth-order valence-corrected chi connectivity index (χ4v) is 9.31. The smallest absolute Gasteiger partial charge is 0.387 e. The largest absolute Gasteiger partial charge is 0.408 e. The van der Waals surface area contributed by atoms with Gasteiger partial charge in [-0.25, -0.2) is 14.2 Å². The number of benzene rings is 3. The second-order valence-electron chi connectivity index (χ2n) is 14.8. The molecule has 2 aromatic heterocycles. The summed E-state index contributed by atoms with van der Waals surface area (Å²) in [6, 6.07) is 24.4. The number of rotatable bonds is 16. The van der Waals surface area contributed by atoms with Crippen molar-refractivity contribution in [3.05, 3.63) is 128 Å². The Balaban J connectivity index is 1.04. The first-order valence-corrected chi connectivity index (χ1v) is 21.6. The Kier molecular flexibility index (Phi) is 13.4. The van der Waals surface area contributed by atoms with E-state index in [1.54, 1.807) is 16.8 Å². The molecule has 3 saturated heterocycles. The number of imidazole rings is 1. The summed E-state index contributed by atoms with van der Waals surface area (Å²) >= 11 is 0. The molecule has 0 radical (unpaired) electrons. The van der Waals surface area contributed by atoms with Crippen molar-refractivity contribution in [2.75, 3.05) is 51.4 Å². The number of aromatic amines is 1. The molecule has 322 valence electrons. The lowest BCUT2D eigenvalue weighted by atomic mass is 9.90. The van der Waals surface area contributed by atoms with Crippen LogP contribution in [0.4, 0.5) is 11.6 Å². The van der Waals surface area contributed by atoms with Gasteiger partial charge in [0.1, 0.15) is 18.3 Å². The maximum atomic E-state index is 14.5. The van der Waals surface area contributed by atoms with Crippen molar-refractivity contribution < 1.29 is 47.4 Å². The zero-order valence-electron chi connectivity index (χ0n) is 33.0. The molecule has 5 aromatic rings. The number of nitro groups is 1. The van der Waals surface area contributed by atoms with Crippen LogP contribution in [0.3, 0.4) is 0 Å². The predicted molar refractivity (Wildman–Crippen MR) is 219 cm³/mol. The Labute approximate surface area is 349 Å². The summed E-state index contributed by atoms with van der Waals surface area (Å²) in [6.45, 7) is 1.14. The number of carbonyl (C=O) groups excluding carboxylic acids is 1. The Morgan fingerprint density at radius 3 is 2.36 bits per heavy atom. The number of hydrogen-bond acceptors (Lipinski definition) is 14. The first-order valence-electron chi connectivity index (χ1n) is 20.1. The number of morpholine rings is 1. The summed E-state index contributed by atoms with van der Waals surface area (Å²) in [5.41, 5.74) is 1.52. The van der Waals surface area contributed by atoms with E-state index >= 15 is 0 Å². The lowest BCUT2D eigenvalue weighted by molar-refractivity contribution is -0.384. The van der Waals surface area contributed by atoms with Crippen molar-refractivity contribution in [2.45, 2.75) is 62.4 Å². The number of amides is 1. The van der Waals surface area contributed by atoms with Gasteiger partial charge < -0.3 is 24.1 Å². The van der Waals surface area contributed by atoms with Gasteiger partial charge in [-0.1, -0.05) is 72.8 Å². The molecule has 20 heteroatoms. The number of fused-ring (bicyclic) bond motifs is 1. The third kappa shape index (κ3) is 9.80. The fourth-order valence-electron chi connectivity index (χ4n) is 7.60. The van der Waals surface area contributed by atoms with Crippen molar-refractivity contribution in [3.63, 3.8) is 0 Å². The molecule has 1 amide bonds. The number of nitrogens with zero attached hydrogens (tertiary/aromatic N) is 5. The van der Waals surface area contributed by atoms with Crippen LogP contribution < -0.4 is 10.9 Å². The van der Waals surface area contributed by atoms with Gasteiger partial charge in [0.05, 0.1) is 43.6 Å². The molecule has 0 saturated carbocycles. The van der Waals surface area contributed by atoms with Crippen LogP contribution >= 0.6 is 7.75 Å². The summed E-state index contributed by atoms with van der Waals surface area (Å²) in [5.74, 6) is -1.30. The summed E-state index contributed by atoms with van der Waals surface area (Å²) in [7, 11) is -4.02. The van der Waals surface area contributed by atoms with E-state index in [1.807, 2.05) is 60.7 Å². The SMILES string of the molecule is O=C(Nc1nc2c(ncn2[C@@H]2O[C@H](COP(=O)(OCCc3ccc([N+](=O)[O-])cc3)N3CCOCC3)[C@@H](O)[C@H]2O[C@@H]2CCCCO2)c(=O)[nH]1)C(c1ccccc1)c1ccccc1. The second kappa shape index (κ2) is 19.2. The molecule has 6 atom stereocenters. The Morgan fingerprint density at radius 1 is 1.00 bits per heavy atom. The van der Waals surface area contributed by atoms with E-state index in [4.69, 9.17) is 28.0 Å². The molecule has 8 rings (SSSR count). The first-order chi connectivity index (χ1) is 29.7. The van der Waals surface area contributed by atoms with Gasteiger partial charge in [-0.3, -0.25) is 43.6 Å². The Hall–Kier alpha value is -5.21. The van der Waals surface area contributed by atoms with Gasteiger partial charge in [0, 0.05) is 31.8 Å². The monoisotopic (exact) mass is 859 g/mol. The van der Waals surface area contributed by atoms with Crippen molar-refractivity contribution in [3.8, 4) is 0 Å². The number of ether oxygens (including phenoxy) is 4. The van der Waals surface area contributed by atoms with Gasteiger partial charge >= 0.3 is 7.75 Å². The molecule has 3 fully saturated rings. The van der Waals surface area contributed by atoms with Crippen LogP contribution in [0.25, 0.3) is 11.2 Å². The molecule has 0 spiro atoms. The van der Waals surface area contributed by atoms with Crippen LogP contribution in [-0.2, 0) is 43.8 Å². The van der Waals surface area contributed by atoms with Gasteiger partial charge in [0.25, 0.3) is 11.2 Å². The van der Waals surface area contributed by atoms with Crippen molar-refractivity contribution >= 4 is 36.5 Å². The molecular weight excluding hydrogens is 813 g/mol. The number of non-ortho nitro benzene ring substituents is 1. The molecule has 61 heavy (non-hydrogen) atoms. The number of aromatic nitrogens is 4. The highest BCUT2D eigenvalue weighted by molar-refractivity contribution is 7.51. The standard InChI is InChI=1S/C41H46N7O12P/c49-35-31(25-58-61(54,46-19-23-55-24-20-46)57-22-18-27-14-16-30(17-15-27)48(52)53)59-40(36(35)60-32-13-7-8-21-56-32)47-26-42-34-37(47)43-41(45-39(34)51)44-38(50)33(28-9-3-1-4-10-28)29-11-5-2-6-12-29/h1-6,9-12,14-17,26,31-33,35-36,40,49H,7-8,13,18-25H2,(H2,43,44,45,50,51)/t31-,32-,35-,36-,40-,61?/m1/s1. The number of hydrogen-bond donors (Lipinski definition) is 3. The molecule has 0 aliphatic carbocycles. The van der Waals surface area contributed by atoms with Crippen LogP contribution in [0, 0.1) is 10.1 Å². The summed E-state index contributed by atoms with van der Waals surface area (Å²) in [4.78, 5) is 49.6. The third-order valence-corrected chi connectivity index (χ3v) is 12.8. The lowest BCUT2D eigenvalue weighted by Gasteiger charge is -2.33. The van der Waals surface area contributed by atoms with Crippen LogP contribution in [0.2, 0.25) is 0 Å². The fraction of sp³-hybridized carbons (Fsp3) is 0.415.